The molecule has 0 saturated heterocycles. The number of rotatable bonds is 9. The number of hydrogen-bond donors (Lipinski definition) is 2. The summed E-state index contributed by atoms with van der Waals surface area (Å²) in [5.74, 6) is -9.14. The van der Waals surface area contributed by atoms with Crippen LogP contribution in [0.4, 0.5) is 13.6 Å². The van der Waals surface area contributed by atoms with Crippen molar-refractivity contribution in [2.45, 2.75) is 25.7 Å². The maximum absolute atomic E-state index is 14.4. The number of fused-ring (bicyclic) bond motifs is 3. The second kappa shape index (κ2) is 9.64. The van der Waals surface area contributed by atoms with Crippen LogP contribution in [0, 0.1) is 17.8 Å². The van der Waals surface area contributed by atoms with Crippen LogP contribution in [0.2, 0.25) is 0 Å². The summed E-state index contributed by atoms with van der Waals surface area (Å²) in [5, 5.41) is 11.4. The van der Waals surface area contributed by atoms with Gasteiger partial charge in [-0.1, -0.05) is 55.5 Å². The molecule has 1 saturated carbocycles. The SMILES string of the molecule is CCN(CC(C)C(=O)O)C(=O)C1C(CNC(=O)OCC2c3ccccc3-c3ccccc32)C1(F)F. The molecular formula is C26H28F2N2O5. The maximum atomic E-state index is 14.4. The molecule has 186 valence electrons. The van der Waals surface area contributed by atoms with E-state index < -0.39 is 48.2 Å². The Morgan fingerprint density at radius 2 is 1.66 bits per heavy atom. The van der Waals surface area contributed by atoms with Crippen molar-refractivity contribution in [1.29, 1.82) is 0 Å². The predicted octanol–water partition coefficient (Wildman–Crippen LogP) is 3.98. The van der Waals surface area contributed by atoms with Gasteiger partial charge in [0, 0.05) is 25.6 Å². The van der Waals surface area contributed by atoms with Gasteiger partial charge in [0.05, 0.1) is 11.8 Å². The first-order chi connectivity index (χ1) is 16.7. The summed E-state index contributed by atoms with van der Waals surface area (Å²) in [5.41, 5.74) is 4.23. The molecule has 2 aliphatic rings. The van der Waals surface area contributed by atoms with Crippen LogP contribution in [-0.2, 0) is 14.3 Å². The number of alkyl carbamates (subject to hydrolysis) is 1. The molecule has 3 unspecified atom stereocenters. The van der Waals surface area contributed by atoms with Crippen LogP contribution in [-0.4, -0.2) is 60.1 Å². The molecule has 3 atom stereocenters. The minimum Gasteiger partial charge on any atom is -0.481 e. The first-order valence-electron chi connectivity index (χ1n) is 11.6. The molecule has 9 heteroatoms. The third-order valence-corrected chi connectivity index (χ3v) is 6.89. The van der Waals surface area contributed by atoms with E-state index in [0.29, 0.717) is 0 Å². The van der Waals surface area contributed by atoms with Gasteiger partial charge < -0.3 is 20.1 Å². The lowest BCUT2D eigenvalue weighted by Gasteiger charge is -2.23. The van der Waals surface area contributed by atoms with Gasteiger partial charge in [-0.3, -0.25) is 9.59 Å². The van der Waals surface area contributed by atoms with E-state index in [2.05, 4.69) is 5.32 Å². The summed E-state index contributed by atoms with van der Waals surface area (Å²) in [7, 11) is 0. The molecule has 0 aromatic heterocycles. The van der Waals surface area contributed by atoms with Crippen molar-refractivity contribution in [1.82, 2.24) is 10.2 Å². The number of carboxylic acid groups (broad SMARTS) is 1. The Kier molecular flexibility index (Phi) is 6.78. The van der Waals surface area contributed by atoms with Crippen LogP contribution in [0.15, 0.2) is 48.5 Å². The average molecular weight is 487 g/mol. The van der Waals surface area contributed by atoms with Crippen molar-refractivity contribution >= 4 is 18.0 Å². The van der Waals surface area contributed by atoms with Gasteiger partial charge in [0.1, 0.15) is 12.5 Å². The molecule has 35 heavy (non-hydrogen) atoms. The molecule has 0 spiro atoms. The Morgan fingerprint density at radius 3 is 2.20 bits per heavy atom. The highest BCUT2D eigenvalue weighted by Gasteiger charge is 2.72. The minimum absolute atomic E-state index is 0.0555. The van der Waals surface area contributed by atoms with E-state index in [9.17, 15) is 23.2 Å². The zero-order chi connectivity index (χ0) is 25.3. The van der Waals surface area contributed by atoms with Gasteiger partial charge in [-0.25, -0.2) is 13.6 Å². The monoisotopic (exact) mass is 486 g/mol. The van der Waals surface area contributed by atoms with Crippen LogP contribution >= 0.6 is 0 Å². The number of alkyl halides is 2. The third kappa shape index (κ3) is 4.72. The first kappa shape index (κ1) is 24.6. The number of nitrogens with one attached hydrogen (secondary N) is 1. The Bertz CT molecular complexity index is 1090. The van der Waals surface area contributed by atoms with Gasteiger partial charge in [0.25, 0.3) is 5.92 Å². The number of benzene rings is 2. The average Bonchev–Trinajstić information content (AvgIpc) is 3.24. The van der Waals surface area contributed by atoms with E-state index >= 15 is 0 Å². The molecule has 1 fully saturated rings. The number of carbonyl (C=O) groups excluding carboxylic acids is 2. The molecule has 2 aliphatic carbocycles. The largest absolute Gasteiger partial charge is 0.481 e. The smallest absolute Gasteiger partial charge is 0.407 e. The Hall–Kier alpha value is -3.49. The van der Waals surface area contributed by atoms with Gasteiger partial charge in [0.15, 0.2) is 0 Å². The lowest BCUT2D eigenvalue weighted by atomic mass is 9.98. The molecule has 2 amide bonds. The van der Waals surface area contributed by atoms with Crippen LogP contribution < -0.4 is 5.32 Å². The number of aliphatic carboxylic acids is 1. The van der Waals surface area contributed by atoms with Crippen LogP contribution in [0.25, 0.3) is 11.1 Å². The topological polar surface area (TPSA) is 95.9 Å². The van der Waals surface area contributed by atoms with E-state index in [0.717, 1.165) is 27.2 Å². The molecule has 2 aromatic carbocycles. The van der Waals surface area contributed by atoms with Gasteiger partial charge in [-0.05, 0) is 29.2 Å². The minimum atomic E-state index is -3.27. The molecule has 2 N–H and O–H groups in total. The highest BCUT2D eigenvalue weighted by molar-refractivity contribution is 5.84. The summed E-state index contributed by atoms with van der Waals surface area (Å²) in [6, 6.07) is 15.7. The molecule has 0 aliphatic heterocycles. The molecule has 7 nitrogen and oxygen atoms in total. The summed E-state index contributed by atoms with van der Waals surface area (Å²) >= 11 is 0. The third-order valence-electron chi connectivity index (χ3n) is 6.89. The lowest BCUT2D eigenvalue weighted by molar-refractivity contribution is -0.143. The van der Waals surface area contributed by atoms with E-state index in [1.54, 1.807) is 6.92 Å². The van der Waals surface area contributed by atoms with E-state index in [4.69, 9.17) is 9.84 Å². The van der Waals surface area contributed by atoms with Crippen molar-refractivity contribution in [3.05, 3.63) is 59.7 Å². The number of carboxylic acids is 1. The molecule has 0 bridgehead atoms. The highest BCUT2D eigenvalue weighted by Crippen LogP contribution is 2.55. The quantitative estimate of drug-likeness (QED) is 0.559. The zero-order valence-corrected chi connectivity index (χ0v) is 19.5. The van der Waals surface area contributed by atoms with Gasteiger partial charge in [-0.15, -0.1) is 0 Å². The number of carbonyl (C=O) groups is 3. The van der Waals surface area contributed by atoms with Crippen LogP contribution in [0.5, 0.6) is 0 Å². The summed E-state index contributed by atoms with van der Waals surface area (Å²) in [4.78, 5) is 37.1. The van der Waals surface area contributed by atoms with Crippen molar-refractivity contribution in [2.75, 3.05) is 26.2 Å². The van der Waals surface area contributed by atoms with Crippen LogP contribution in [0.3, 0.4) is 0 Å². The number of hydrogen-bond acceptors (Lipinski definition) is 4. The lowest BCUT2D eigenvalue weighted by Crippen LogP contribution is -2.39. The summed E-state index contributed by atoms with van der Waals surface area (Å²) < 4.78 is 34.1. The summed E-state index contributed by atoms with van der Waals surface area (Å²) in [6.45, 7) is 2.64. The summed E-state index contributed by atoms with van der Waals surface area (Å²) in [6.07, 6.45) is -0.826. The first-order valence-corrected chi connectivity index (χ1v) is 11.6. The van der Waals surface area contributed by atoms with Gasteiger partial charge in [0.2, 0.25) is 5.91 Å². The number of nitrogens with zero attached hydrogens (tertiary/aromatic N) is 1. The second-order valence-electron chi connectivity index (χ2n) is 9.08. The highest BCUT2D eigenvalue weighted by atomic mass is 19.3. The van der Waals surface area contributed by atoms with E-state index in [1.165, 1.54) is 6.92 Å². The van der Waals surface area contributed by atoms with Crippen molar-refractivity contribution < 1.29 is 33.0 Å². The molecule has 0 heterocycles. The number of ether oxygens (including phenoxy) is 1. The predicted molar refractivity (Wildman–Crippen MR) is 124 cm³/mol. The molecular weight excluding hydrogens is 458 g/mol. The van der Waals surface area contributed by atoms with Gasteiger partial charge in [-0.2, -0.15) is 0 Å². The van der Waals surface area contributed by atoms with Gasteiger partial charge >= 0.3 is 12.1 Å². The number of halogens is 2. The molecule has 4 rings (SSSR count). The van der Waals surface area contributed by atoms with Crippen LogP contribution in [0.1, 0.15) is 30.9 Å². The fourth-order valence-corrected chi connectivity index (χ4v) is 4.80. The Morgan fingerprint density at radius 1 is 1.09 bits per heavy atom. The normalized spacial score (nSPS) is 20.3. The van der Waals surface area contributed by atoms with Crippen molar-refractivity contribution in [3.63, 3.8) is 0 Å². The van der Waals surface area contributed by atoms with Crippen molar-refractivity contribution in [2.24, 2.45) is 17.8 Å². The zero-order valence-electron chi connectivity index (χ0n) is 19.5. The maximum Gasteiger partial charge on any atom is 0.407 e. The Balaban J connectivity index is 1.32. The fourth-order valence-electron chi connectivity index (χ4n) is 4.80. The van der Waals surface area contributed by atoms with E-state index in [-0.39, 0.29) is 25.6 Å². The number of amides is 2. The fraction of sp³-hybridized carbons (Fsp3) is 0.423. The second-order valence-corrected chi connectivity index (χ2v) is 9.08. The van der Waals surface area contributed by atoms with E-state index in [1.807, 2.05) is 48.5 Å². The standard InChI is InChI=1S/C26H28F2N2O5/c1-3-30(13-15(2)24(32)33)23(31)22-21(26(22,27)28)12-29-25(34)35-14-20-18-10-6-4-8-16(18)17-9-5-7-11-19(17)20/h4-11,15,20-22H,3,12-14H2,1-2H3,(H,29,34)(H,32,33). The molecule has 2 aromatic rings. The molecule has 0 radical (unpaired) electrons. The Labute approximate surface area is 202 Å². The van der Waals surface area contributed by atoms with Crippen molar-refractivity contribution in [3.8, 4) is 11.1 Å².